The number of furan rings is 1. The van der Waals surface area contributed by atoms with Gasteiger partial charge in [0.05, 0.1) is 6.26 Å². The van der Waals surface area contributed by atoms with Crippen molar-refractivity contribution in [3.05, 3.63) is 24.1 Å². The fourth-order valence-electron chi connectivity index (χ4n) is 0.963. The van der Waals surface area contributed by atoms with Crippen molar-refractivity contribution in [2.45, 2.75) is 0 Å². The monoisotopic (exact) mass is 151 g/mol. The Balaban J connectivity index is 2.67. The lowest BCUT2D eigenvalue weighted by Crippen LogP contribution is -1.94. The van der Waals surface area contributed by atoms with E-state index in [9.17, 15) is 4.79 Å². The third-order valence-corrected chi connectivity index (χ3v) is 1.47. The lowest BCUT2D eigenvalue weighted by molar-refractivity contribution is 0.0691. The Morgan fingerprint density at radius 1 is 1.64 bits per heavy atom. The average Bonchev–Trinajstić information content (AvgIpc) is 2.40. The minimum Gasteiger partial charge on any atom is -0.477 e. The van der Waals surface area contributed by atoms with E-state index in [1.54, 1.807) is 6.07 Å². The minimum absolute atomic E-state index is 0.152. The first-order chi connectivity index (χ1) is 5.27. The van der Waals surface area contributed by atoms with Gasteiger partial charge in [-0.3, -0.25) is 0 Å². The van der Waals surface area contributed by atoms with E-state index in [1.165, 1.54) is 12.3 Å². The molecule has 2 aromatic rings. The summed E-state index contributed by atoms with van der Waals surface area (Å²) in [5.41, 5.74) is 0.654. The normalized spacial score (nSPS) is 10.5. The summed E-state index contributed by atoms with van der Waals surface area (Å²) in [6, 6.07) is 3.24. The number of hydrogen-bond donors (Lipinski definition) is 2. The van der Waals surface area contributed by atoms with Gasteiger partial charge in [0.25, 0.3) is 0 Å². The van der Waals surface area contributed by atoms with Gasteiger partial charge in [0.2, 0.25) is 5.71 Å². The van der Waals surface area contributed by atoms with Crippen LogP contribution in [0.15, 0.2) is 22.8 Å². The molecule has 2 aromatic heterocycles. The lowest BCUT2D eigenvalue weighted by Gasteiger charge is -1.82. The van der Waals surface area contributed by atoms with Crippen LogP contribution in [0.4, 0.5) is 0 Å². The number of aromatic carboxylic acids is 1. The molecule has 0 bridgehead atoms. The molecule has 4 nitrogen and oxygen atoms in total. The number of hydrogen-bond acceptors (Lipinski definition) is 2. The molecule has 0 aliphatic carbocycles. The minimum atomic E-state index is -0.976. The number of rotatable bonds is 1. The highest BCUT2D eigenvalue weighted by Crippen LogP contribution is 2.15. The lowest BCUT2D eigenvalue weighted by atomic mass is 10.4. The van der Waals surface area contributed by atoms with Crippen molar-refractivity contribution in [1.82, 2.24) is 4.98 Å². The summed E-state index contributed by atoms with van der Waals surface area (Å²) in [6.45, 7) is 0. The van der Waals surface area contributed by atoms with Gasteiger partial charge in [-0.2, -0.15) is 0 Å². The maximum Gasteiger partial charge on any atom is 0.352 e. The molecule has 11 heavy (non-hydrogen) atoms. The fraction of sp³-hybridized carbons (Fsp3) is 0. The van der Waals surface area contributed by atoms with Crippen molar-refractivity contribution in [1.29, 1.82) is 0 Å². The molecule has 2 rings (SSSR count). The summed E-state index contributed by atoms with van der Waals surface area (Å²) in [6.07, 6.45) is 1.51. The SMILES string of the molecule is O=C(O)c1cc2ccoc2[nH]1. The number of carboxylic acids is 1. The highest BCUT2D eigenvalue weighted by molar-refractivity contribution is 5.92. The smallest absolute Gasteiger partial charge is 0.352 e. The van der Waals surface area contributed by atoms with E-state index in [2.05, 4.69) is 4.98 Å². The summed E-state index contributed by atoms with van der Waals surface area (Å²) in [5.74, 6) is -0.976. The van der Waals surface area contributed by atoms with Crippen molar-refractivity contribution >= 4 is 17.1 Å². The van der Waals surface area contributed by atoms with E-state index < -0.39 is 5.97 Å². The van der Waals surface area contributed by atoms with E-state index in [0.717, 1.165) is 5.39 Å². The van der Waals surface area contributed by atoms with Gasteiger partial charge in [-0.15, -0.1) is 0 Å². The van der Waals surface area contributed by atoms with E-state index in [0.29, 0.717) is 5.71 Å². The zero-order chi connectivity index (χ0) is 7.84. The second-order valence-electron chi connectivity index (χ2n) is 2.19. The summed E-state index contributed by atoms with van der Waals surface area (Å²) >= 11 is 0. The van der Waals surface area contributed by atoms with Gasteiger partial charge in [-0.05, 0) is 12.1 Å². The number of carbonyl (C=O) groups is 1. The maximum absolute atomic E-state index is 10.4. The molecule has 0 radical (unpaired) electrons. The summed E-state index contributed by atoms with van der Waals surface area (Å²) in [4.78, 5) is 13.0. The number of H-pyrrole nitrogens is 1. The zero-order valence-corrected chi connectivity index (χ0v) is 5.50. The topological polar surface area (TPSA) is 66.2 Å². The van der Waals surface area contributed by atoms with Gasteiger partial charge in [0.15, 0.2) is 0 Å². The van der Waals surface area contributed by atoms with E-state index in [4.69, 9.17) is 9.52 Å². The Labute approximate surface area is 61.4 Å². The quantitative estimate of drug-likeness (QED) is 0.648. The molecule has 4 heteroatoms. The Morgan fingerprint density at radius 2 is 2.45 bits per heavy atom. The summed E-state index contributed by atoms with van der Waals surface area (Å²) in [7, 11) is 0. The first-order valence-corrected chi connectivity index (χ1v) is 3.07. The van der Waals surface area contributed by atoms with Gasteiger partial charge < -0.3 is 14.5 Å². The second-order valence-corrected chi connectivity index (χ2v) is 2.19. The Bertz CT molecular complexity index is 370. The Kier molecular flexibility index (Phi) is 1.03. The Morgan fingerprint density at radius 3 is 3.09 bits per heavy atom. The number of nitrogens with one attached hydrogen (secondary N) is 1. The predicted molar refractivity (Wildman–Crippen MR) is 37.5 cm³/mol. The molecule has 0 unspecified atom stereocenters. The maximum atomic E-state index is 10.4. The Hall–Kier alpha value is -1.71. The van der Waals surface area contributed by atoms with Crippen LogP contribution in [0.25, 0.3) is 11.1 Å². The van der Waals surface area contributed by atoms with Gasteiger partial charge in [-0.25, -0.2) is 4.79 Å². The molecule has 0 saturated carbocycles. The zero-order valence-electron chi connectivity index (χ0n) is 5.50. The largest absolute Gasteiger partial charge is 0.477 e. The first-order valence-electron chi connectivity index (χ1n) is 3.07. The van der Waals surface area contributed by atoms with Crippen LogP contribution in [-0.2, 0) is 0 Å². The molecular formula is C7H5NO3. The van der Waals surface area contributed by atoms with Crippen molar-refractivity contribution in [3.8, 4) is 0 Å². The highest BCUT2D eigenvalue weighted by atomic mass is 16.4. The molecule has 2 heterocycles. The van der Waals surface area contributed by atoms with Crippen molar-refractivity contribution in [2.75, 3.05) is 0 Å². The van der Waals surface area contributed by atoms with Crippen LogP contribution >= 0.6 is 0 Å². The first kappa shape index (κ1) is 6.03. The molecule has 2 N–H and O–H groups in total. The molecule has 0 spiro atoms. The van der Waals surface area contributed by atoms with E-state index in [1.807, 2.05) is 0 Å². The van der Waals surface area contributed by atoms with Crippen molar-refractivity contribution < 1.29 is 14.3 Å². The molecule has 0 aromatic carbocycles. The number of aromatic amines is 1. The van der Waals surface area contributed by atoms with Gasteiger partial charge >= 0.3 is 5.97 Å². The molecule has 0 aliphatic heterocycles. The van der Waals surface area contributed by atoms with Crippen LogP contribution in [0.1, 0.15) is 10.5 Å². The summed E-state index contributed by atoms with van der Waals surface area (Å²) in [5, 5.41) is 9.31. The fourth-order valence-corrected chi connectivity index (χ4v) is 0.963. The van der Waals surface area contributed by atoms with Gasteiger partial charge in [0.1, 0.15) is 5.69 Å². The third-order valence-electron chi connectivity index (χ3n) is 1.47. The average molecular weight is 151 g/mol. The highest BCUT2D eigenvalue weighted by Gasteiger charge is 2.07. The third kappa shape index (κ3) is 0.797. The van der Waals surface area contributed by atoms with Crippen LogP contribution in [0.2, 0.25) is 0 Å². The van der Waals surface area contributed by atoms with Crippen LogP contribution < -0.4 is 0 Å². The molecule has 0 saturated heterocycles. The van der Waals surface area contributed by atoms with Crippen molar-refractivity contribution in [2.24, 2.45) is 0 Å². The van der Waals surface area contributed by atoms with Gasteiger partial charge in [-0.1, -0.05) is 0 Å². The van der Waals surface area contributed by atoms with Crippen LogP contribution in [0, 0.1) is 0 Å². The molecule has 0 aliphatic rings. The molecular weight excluding hydrogens is 146 g/mol. The van der Waals surface area contributed by atoms with E-state index in [-0.39, 0.29) is 5.69 Å². The van der Waals surface area contributed by atoms with Crippen LogP contribution in [0.5, 0.6) is 0 Å². The second kappa shape index (κ2) is 1.88. The number of carboxylic acid groups (broad SMARTS) is 1. The molecule has 0 fully saturated rings. The molecule has 0 atom stereocenters. The summed E-state index contributed by atoms with van der Waals surface area (Å²) < 4.78 is 4.93. The van der Waals surface area contributed by atoms with E-state index >= 15 is 0 Å². The number of aromatic nitrogens is 1. The van der Waals surface area contributed by atoms with Crippen LogP contribution in [-0.4, -0.2) is 16.1 Å². The predicted octanol–water partition coefficient (Wildman–Crippen LogP) is 1.46. The standard InChI is InChI=1S/C7H5NO3/c9-7(10)5-3-4-1-2-11-6(4)8-5/h1-3,8H,(H,9,10). The van der Waals surface area contributed by atoms with Crippen LogP contribution in [0.3, 0.4) is 0 Å². The number of fused-ring (bicyclic) bond motifs is 1. The molecule has 0 amide bonds. The molecule has 56 valence electrons. The van der Waals surface area contributed by atoms with Gasteiger partial charge in [0, 0.05) is 5.39 Å². The van der Waals surface area contributed by atoms with Crippen molar-refractivity contribution in [3.63, 3.8) is 0 Å².